The number of fused-ring (bicyclic) bond motifs is 2. The number of hydroxylamine groups is 3. The normalized spacial score (nSPS) is 12.9. The first kappa shape index (κ1) is 20.1. The van der Waals surface area contributed by atoms with Crippen LogP contribution in [0.25, 0.3) is 5.57 Å². The van der Waals surface area contributed by atoms with Crippen LogP contribution >= 0.6 is 0 Å². The van der Waals surface area contributed by atoms with Gasteiger partial charge in [-0.05, 0) is 40.7 Å². The maximum absolute atomic E-state index is 11.8. The van der Waals surface area contributed by atoms with Crippen LogP contribution in [0.5, 0.6) is 0 Å². The minimum absolute atomic E-state index is 0. The van der Waals surface area contributed by atoms with E-state index in [0.29, 0.717) is 6.54 Å². The third-order valence-corrected chi connectivity index (χ3v) is 4.29. The van der Waals surface area contributed by atoms with E-state index in [-0.39, 0.29) is 15.6 Å². The molecule has 1 aliphatic rings. The monoisotopic (exact) mass is 329 g/mol. The summed E-state index contributed by atoms with van der Waals surface area (Å²) in [6.45, 7) is 0.605. The summed E-state index contributed by atoms with van der Waals surface area (Å²) >= 11 is 0. The fourth-order valence-electron chi connectivity index (χ4n) is 3.16. The van der Waals surface area contributed by atoms with Crippen LogP contribution in [-0.2, 0) is 12.8 Å². The molecule has 0 saturated carbocycles. The van der Waals surface area contributed by atoms with Crippen molar-refractivity contribution < 1.29 is 15.6 Å². The lowest BCUT2D eigenvalue weighted by Gasteiger charge is -2.33. The van der Waals surface area contributed by atoms with Gasteiger partial charge < -0.3 is 20.8 Å². The van der Waals surface area contributed by atoms with Gasteiger partial charge in [-0.15, -0.1) is 0 Å². The minimum Gasteiger partial charge on any atom is -0.633 e. The van der Waals surface area contributed by atoms with Gasteiger partial charge in [0.1, 0.15) is 0 Å². The molecule has 0 radical (unpaired) electrons. The molecule has 2 aromatic rings. The van der Waals surface area contributed by atoms with Gasteiger partial charge in [0.2, 0.25) is 0 Å². The fraction of sp³-hybridized carbons (Fsp3) is 0.300. The molecule has 4 N–H and O–H groups in total. The zero-order valence-corrected chi connectivity index (χ0v) is 14.4. The Kier molecular flexibility index (Phi) is 6.87. The van der Waals surface area contributed by atoms with E-state index in [1.165, 1.54) is 27.8 Å². The largest absolute Gasteiger partial charge is 0.633 e. The molecule has 4 heteroatoms. The lowest BCUT2D eigenvalue weighted by molar-refractivity contribution is -0.839. The molecule has 4 nitrogen and oxygen atoms in total. The maximum atomic E-state index is 11.8. The first-order chi connectivity index (χ1) is 10.5. The highest BCUT2D eigenvalue weighted by Gasteiger charge is 2.17. The van der Waals surface area contributed by atoms with Crippen molar-refractivity contribution in [2.24, 2.45) is 0 Å². The lowest BCUT2D eigenvalue weighted by atomic mass is 9.93. The van der Waals surface area contributed by atoms with E-state index in [1.807, 2.05) is 0 Å². The summed E-state index contributed by atoms with van der Waals surface area (Å²) in [6.07, 6.45) is 5.21. The van der Waals surface area contributed by atoms with Crippen molar-refractivity contribution in [3.05, 3.63) is 82.1 Å². The van der Waals surface area contributed by atoms with Crippen molar-refractivity contribution >= 4 is 5.57 Å². The van der Waals surface area contributed by atoms with E-state index < -0.39 is 0 Å². The van der Waals surface area contributed by atoms with Crippen LogP contribution in [0.2, 0.25) is 0 Å². The molecule has 0 spiro atoms. The number of aryl methyl sites for hydroxylation is 2. The Morgan fingerprint density at radius 2 is 1.33 bits per heavy atom. The maximum Gasteiger partial charge on any atom is 0.0815 e. The van der Waals surface area contributed by atoms with Crippen LogP contribution in [-0.4, -0.2) is 36.2 Å². The van der Waals surface area contributed by atoms with Crippen molar-refractivity contribution in [3.8, 4) is 0 Å². The number of rotatable bonds is 3. The standard InChI is InChI=1S/C20H23NO.2H2O/c1-21(2,22)15-7-12-20-18-10-5-3-8-16(18)13-14-17-9-4-6-11-19(17)20;;/h3-6,8-12H,7,13-15H2,1-2H3;2*1H2. The molecular weight excluding hydrogens is 302 g/mol. The van der Waals surface area contributed by atoms with E-state index in [9.17, 15) is 5.21 Å². The van der Waals surface area contributed by atoms with Gasteiger partial charge in [-0.25, -0.2) is 0 Å². The Balaban J connectivity index is 0.00000144. The molecule has 0 atom stereocenters. The van der Waals surface area contributed by atoms with Crippen molar-refractivity contribution in [2.45, 2.75) is 19.3 Å². The van der Waals surface area contributed by atoms with Gasteiger partial charge in [0.05, 0.1) is 20.6 Å². The molecule has 1 aliphatic carbocycles. The van der Waals surface area contributed by atoms with Gasteiger partial charge in [-0.2, -0.15) is 0 Å². The molecule has 0 saturated heterocycles. The van der Waals surface area contributed by atoms with Gasteiger partial charge in [-0.1, -0.05) is 54.6 Å². The average Bonchev–Trinajstić information content (AvgIpc) is 2.64. The summed E-state index contributed by atoms with van der Waals surface area (Å²) in [7, 11) is 3.40. The third kappa shape index (κ3) is 4.52. The number of hydrogen-bond acceptors (Lipinski definition) is 1. The molecule has 2 aromatic carbocycles. The van der Waals surface area contributed by atoms with E-state index in [2.05, 4.69) is 54.6 Å². The number of quaternary nitrogens is 1. The van der Waals surface area contributed by atoms with E-state index in [4.69, 9.17) is 0 Å². The van der Waals surface area contributed by atoms with Gasteiger partial charge in [0.25, 0.3) is 0 Å². The number of nitrogens with zero attached hydrogens (tertiary/aromatic N) is 1. The molecule has 0 unspecified atom stereocenters. The minimum atomic E-state index is -0.243. The number of benzene rings is 2. The molecule has 0 aliphatic heterocycles. The summed E-state index contributed by atoms with van der Waals surface area (Å²) < 4.78 is -0.243. The predicted molar refractivity (Wildman–Crippen MR) is 99.6 cm³/mol. The Labute approximate surface area is 143 Å². The zero-order chi connectivity index (χ0) is 15.6. The summed E-state index contributed by atoms with van der Waals surface area (Å²) in [5, 5.41) is 11.8. The molecule has 0 amide bonds. The van der Waals surface area contributed by atoms with Crippen molar-refractivity contribution in [2.75, 3.05) is 20.6 Å². The van der Waals surface area contributed by atoms with Crippen molar-refractivity contribution in [1.29, 1.82) is 0 Å². The second-order valence-electron chi connectivity index (χ2n) is 6.52. The molecule has 0 heterocycles. The van der Waals surface area contributed by atoms with E-state index in [1.54, 1.807) is 14.1 Å². The average molecular weight is 329 g/mol. The van der Waals surface area contributed by atoms with Crippen molar-refractivity contribution in [3.63, 3.8) is 0 Å². The highest BCUT2D eigenvalue weighted by molar-refractivity contribution is 5.83. The zero-order valence-electron chi connectivity index (χ0n) is 14.4. The quantitative estimate of drug-likeness (QED) is 0.629. The highest BCUT2D eigenvalue weighted by Crippen LogP contribution is 2.33. The Morgan fingerprint density at radius 3 is 1.79 bits per heavy atom. The predicted octanol–water partition coefficient (Wildman–Crippen LogP) is 2.53. The first-order valence-electron chi connectivity index (χ1n) is 7.95. The fourth-order valence-corrected chi connectivity index (χ4v) is 3.16. The molecule has 24 heavy (non-hydrogen) atoms. The van der Waals surface area contributed by atoms with Gasteiger partial charge in [0.15, 0.2) is 0 Å². The number of hydrogen-bond donors (Lipinski definition) is 0. The first-order valence-corrected chi connectivity index (χ1v) is 7.95. The Hall–Kier alpha value is -1.98. The topological polar surface area (TPSA) is 86.1 Å². The molecule has 0 aromatic heterocycles. The van der Waals surface area contributed by atoms with Crippen LogP contribution in [0.1, 0.15) is 28.7 Å². The molecule has 0 fully saturated rings. The second-order valence-corrected chi connectivity index (χ2v) is 6.52. The molecule has 0 bridgehead atoms. The molecular formula is C20H27NO3. The lowest BCUT2D eigenvalue weighted by Crippen LogP contribution is -2.32. The second kappa shape index (κ2) is 8.22. The van der Waals surface area contributed by atoms with Gasteiger partial charge in [0, 0.05) is 6.42 Å². The van der Waals surface area contributed by atoms with Crippen molar-refractivity contribution in [1.82, 2.24) is 0 Å². The summed E-state index contributed by atoms with van der Waals surface area (Å²) in [5.74, 6) is 0. The summed E-state index contributed by atoms with van der Waals surface area (Å²) in [5.41, 5.74) is 6.74. The van der Waals surface area contributed by atoms with Crippen LogP contribution in [0.15, 0.2) is 54.6 Å². The van der Waals surface area contributed by atoms with E-state index in [0.717, 1.165) is 19.3 Å². The van der Waals surface area contributed by atoms with Gasteiger partial charge >= 0.3 is 0 Å². The SMILES string of the molecule is C[N+](C)([O-])CCC=C1c2ccccc2CCc2ccccc21.O.O. The van der Waals surface area contributed by atoms with E-state index >= 15 is 0 Å². The summed E-state index contributed by atoms with van der Waals surface area (Å²) in [6, 6.07) is 17.3. The van der Waals surface area contributed by atoms with Crippen LogP contribution in [0.3, 0.4) is 0 Å². The Morgan fingerprint density at radius 1 is 0.875 bits per heavy atom. The summed E-state index contributed by atoms with van der Waals surface area (Å²) in [4.78, 5) is 0. The van der Waals surface area contributed by atoms with Crippen LogP contribution in [0.4, 0.5) is 0 Å². The smallest absolute Gasteiger partial charge is 0.0815 e. The Bertz CT molecular complexity index is 653. The van der Waals surface area contributed by atoms with Crippen LogP contribution in [0, 0.1) is 5.21 Å². The van der Waals surface area contributed by atoms with Crippen LogP contribution < -0.4 is 0 Å². The van der Waals surface area contributed by atoms with Gasteiger partial charge in [-0.3, -0.25) is 0 Å². The molecule has 3 rings (SSSR count). The highest BCUT2D eigenvalue weighted by atomic mass is 16.5. The molecule has 130 valence electrons. The third-order valence-electron chi connectivity index (χ3n) is 4.29.